The van der Waals surface area contributed by atoms with E-state index in [-0.39, 0.29) is 22.7 Å². The van der Waals surface area contributed by atoms with E-state index in [0.29, 0.717) is 29.1 Å². The first kappa shape index (κ1) is 22.1. The van der Waals surface area contributed by atoms with Crippen molar-refractivity contribution >= 4 is 39.1 Å². The molecule has 168 valence electrons. The molecule has 4 aromatic rings. The Kier molecular flexibility index (Phi) is 5.95. The van der Waals surface area contributed by atoms with Crippen molar-refractivity contribution in [1.29, 1.82) is 0 Å². The van der Waals surface area contributed by atoms with Crippen LogP contribution in [0, 0.1) is 0 Å². The van der Waals surface area contributed by atoms with Crippen LogP contribution in [0.15, 0.2) is 70.6 Å². The Morgan fingerprint density at radius 1 is 1.15 bits per heavy atom. The highest BCUT2D eigenvalue weighted by Gasteiger charge is 2.33. The number of thioether (sulfide) groups is 1. The Bertz CT molecular complexity index is 1380. The average molecular weight is 477 g/mol. The minimum atomic E-state index is -0.277. The van der Waals surface area contributed by atoms with Crippen LogP contribution in [0.1, 0.15) is 41.1 Å². The van der Waals surface area contributed by atoms with Crippen LogP contribution in [0.25, 0.3) is 15.9 Å². The van der Waals surface area contributed by atoms with E-state index >= 15 is 0 Å². The van der Waals surface area contributed by atoms with Crippen LogP contribution >= 0.6 is 23.1 Å². The van der Waals surface area contributed by atoms with Gasteiger partial charge < -0.3 is 4.74 Å². The first-order valence-electron chi connectivity index (χ1n) is 11.0. The van der Waals surface area contributed by atoms with Gasteiger partial charge in [0.2, 0.25) is 0 Å². The van der Waals surface area contributed by atoms with Crippen LogP contribution in [0.5, 0.6) is 0 Å². The van der Waals surface area contributed by atoms with Gasteiger partial charge in [-0.15, -0.1) is 11.3 Å². The van der Waals surface area contributed by atoms with Crippen LogP contribution in [0.2, 0.25) is 0 Å². The second-order valence-electron chi connectivity index (χ2n) is 8.40. The Morgan fingerprint density at radius 3 is 2.55 bits per heavy atom. The van der Waals surface area contributed by atoms with E-state index in [9.17, 15) is 9.59 Å². The molecule has 7 heteroatoms. The number of hydrogen-bond acceptors (Lipinski definition) is 6. The second kappa shape index (κ2) is 8.89. The van der Waals surface area contributed by atoms with E-state index in [0.717, 1.165) is 27.4 Å². The summed E-state index contributed by atoms with van der Waals surface area (Å²) in [5, 5.41) is 1.21. The number of Topliss-reactive ketones (excluding diaryl/α,β-unsaturated/α-hetero) is 1. The van der Waals surface area contributed by atoms with Gasteiger partial charge in [0.1, 0.15) is 4.83 Å². The lowest BCUT2D eigenvalue weighted by molar-refractivity contribution is -0.0543. The molecule has 1 aliphatic heterocycles. The van der Waals surface area contributed by atoms with Crippen molar-refractivity contribution in [3.05, 3.63) is 87.0 Å². The summed E-state index contributed by atoms with van der Waals surface area (Å²) in [6.07, 6.45) is 1.57. The minimum Gasteiger partial charge on any atom is -0.369 e. The van der Waals surface area contributed by atoms with Crippen molar-refractivity contribution in [1.82, 2.24) is 9.55 Å². The maximum Gasteiger partial charge on any atom is 0.267 e. The van der Waals surface area contributed by atoms with Crippen molar-refractivity contribution in [2.24, 2.45) is 0 Å². The van der Waals surface area contributed by atoms with Crippen molar-refractivity contribution in [3.8, 4) is 5.69 Å². The van der Waals surface area contributed by atoms with E-state index in [1.165, 1.54) is 23.1 Å². The predicted octanol–water partition coefficient (Wildman–Crippen LogP) is 5.66. The number of ketones is 1. The van der Waals surface area contributed by atoms with E-state index < -0.39 is 0 Å². The molecule has 2 aromatic carbocycles. The molecule has 0 radical (unpaired) electrons. The lowest BCUT2D eigenvalue weighted by Crippen LogP contribution is -2.34. The van der Waals surface area contributed by atoms with E-state index in [4.69, 9.17) is 9.72 Å². The van der Waals surface area contributed by atoms with Crippen LogP contribution in [0.4, 0.5) is 0 Å². The van der Waals surface area contributed by atoms with Gasteiger partial charge in [-0.05, 0) is 31.0 Å². The average Bonchev–Trinajstić information content (AvgIpc) is 3.21. The van der Waals surface area contributed by atoms with Crippen LogP contribution in [-0.4, -0.2) is 26.7 Å². The van der Waals surface area contributed by atoms with Gasteiger partial charge in [0, 0.05) is 16.9 Å². The highest BCUT2D eigenvalue weighted by atomic mass is 32.2. The molecule has 0 saturated heterocycles. The van der Waals surface area contributed by atoms with Crippen molar-refractivity contribution in [3.63, 3.8) is 0 Å². The number of para-hydroxylation sites is 1. The number of benzene rings is 2. The number of aromatic nitrogens is 2. The topological polar surface area (TPSA) is 61.2 Å². The maximum absolute atomic E-state index is 13.9. The molecular formula is C26H24N2O3S2. The Labute approximate surface area is 200 Å². The summed E-state index contributed by atoms with van der Waals surface area (Å²) in [7, 11) is 0. The maximum atomic E-state index is 13.9. The van der Waals surface area contributed by atoms with E-state index in [2.05, 4.69) is 13.8 Å². The fourth-order valence-electron chi connectivity index (χ4n) is 4.07. The molecule has 0 N–H and O–H groups in total. The molecule has 5 rings (SSSR count). The van der Waals surface area contributed by atoms with Gasteiger partial charge in [0.15, 0.2) is 10.9 Å². The SMILES string of the molecule is CC[C@]1(C)Cc2c(sc3nc(SCC(=O)c4ccccc4)n(-c4ccccc4)c(=O)c23)CO1. The molecule has 5 nitrogen and oxygen atoms in total. The lowest BCUT2D eigenvalue weighted by Gasteiger charge is -2.32. The number of thiophene rings is 1. The van der Waals surface area contributed by atoms with Crippen molar-refractivity contribution in [2.45, 2.75) is 44.1 Å². The Morgan fingerprint density at radius 2 is 1.85 bits per heavy atom. The van der Waals surface area contributed by atoms with Crippen molar-refractivity contribution < 1.29 is 9.53 Å². The van der Waals surface area contributed by atoms with Gasteiger partial charge in [-0.25, -0.2) is 4.98 Å². The zero-order valence-corrected chi connectivity index (χ0v) is 20.2. The third-order valence-electron chi connectivity index (χ3n) is 6.17. The summed E-state index contributed by atoms with van der Waals surface area (Å²) in [6.45, 7) is 4.71. The van der Waals surface area contributed by atoms with Gasteiger partial charge in [-0.1, -0.05) is 67.2 Å². The quantitative estimate of drug-likeness (QED) is 0.204. The molecule has 0 aliphatic carbocycles. The minimum absolute atomic E-state index is 0.00661. The Hall–Kier alpha value is -2.74. The van der Waals surface area contributed by atoms with Crippen LogP contribution in [0.3, 0.4) is 0 Å². The second-order valence-corrected chi connectivity index (χ2v) is 10.4. The highest BCUT2D eigenvalue weighted by Crippen LogP contribution is 2.39. The van der Waals surface area contributed by atoms with Gasteiger partial charge in [-0.2, -0.15) is 0 Å². The molecule has 3 heterocycles. The number of rotatable bonds is 6. The lowest BCUT2D eigenvalue weighted by atomic mass is 9.90. The molecule has 0 fully saturated rings. The fourth-order valence-corrected chi connectivity index (χ4v) is 6.12. The largest absolute Gasteiger partial charge is 0.369 e. The molecule has 0 unspecified atom stereocenters. The number of fused-ring (bicyclic) bond motifs is 3. The van der Waals surface area contributed by atoms with Gasteiger partial charge >= 0.3 is 0 Å². The summed E-state index contributed by atoms with van der Waals surface area (Å²) >= 11 is 2.83. The van der Waals surface area contributed by atoms with E-state index in [1.54, 1.807) is 4.57 Å². The first-order valence-corrected chi connectivity index (χ1v) is 12.8. The van der Waals surface area contributed by atoms with Crippen molar-refractivity contribution in [2.75, 3.05) is 5.75 Å². The first-order chi connectivity index (χ1) is 16.0. The molecule has 1 aliphatic rings. The molecule has 2 aromatic heterocycles. The third kappa shape index (κ3) is 4.16. The molecule has 1 atom stereocenters. The molecule has 0 saturated carbocycles. The standard InChI is InChI=1S/C26H24N2O3S2/c1-3-26(2)14-19-21(15-31-26)33-23-22(19)24(30)28(18-12-8-5-9-13-18)25(27-23)32-16-20(29)17-10-6-4-7-11-17/h4-13H,3,14-16H2,1-2H3/t26-/m1/s1. The zero-order chi connectivity index (χ0) is 23.0. The smallest absolute Gasteiger partial charge is 0.267 e. The fraction of sp³-hybridized carbons (Fsp3) is 0.269. The summed E-state index contributed by atoms with van der Waals surface area (Å²) < 4.78 is 7.76. The van der Waals surface area contributed by atoms with Crippen LogP contribution < -0.4 is 5.56 Å². The van der Waals surface area contributed by atoms with Gasteiger partial charge in [0.05, 0.1) is 29.0 Å². The molecule has 0 spiro atoms. The molecule has 0 bridgehead atoms. The zero-order valence-electron chi connectivity index (χ0n) is 18.5. The normalized spacial score (nSPS) is 17.8. The van der Waals surface area contributed by atoms with Crippen LogP contribution in [-0.2, 0) is 17.8 Å². The van der Waals surface area contributed by atoms with Gasteiger partial charge in [-0.3, -0.25) is 14.2 Å². The molecule has 0 amide bonds. The molecule has 33 heavy (non-hydrogen) atoms. The Balaban J connectivity index is 1.61. The monoisotopic (exact) mass is 476 g/mol. The number of hydrogen-bond donors (Lipinski definition) is 0. The summed E-state index contributed by atoms with van der Waals surface area (Å²) in [5.41, 5.74) is 2.10. The van der Waals surface area contributed by atoms with Gasteiger partial charge in [0.25, 0.3) is 5.56 Å². The number of carbonyl (C=O) groups is 1. The summed E-state index contributed by atoms with van der Waals surface area (Å²) in [4.78, 5) is 33.3. The summed E-state index contributed by atoms with van der Waals surface area (Å²) in [6, 6.07) is 18.7. The summed E-state index contributed by atoms with van der Waals surface area (Å²) in [5.74, 6) is 0.212. The number of nitrogens with zero attached hydrogens (tertiary/aromatic N) is 2. The number of carbonyl (C=O) groups excluding carboxylic acids is 1. The third-order valence-corrected chi connectivity index (χ3v) is 8.21. The molecular weight excluding hydrogens is 452 g/mol. The predicted molar refractivity (Wildman–Crippen MR) is 134 cm³/mol. The number of ether oxygens (including phenoxy) is 1. The highest BCUT2D eigenvalue weighted by molar-refractivity contribution is 7.99. The van der Waals surface area contributed by atoms with E-state index in [1.807, 2.05) is 60.7 Å².